The van der Waals surface area contributed by atoms with E-state index in [1.54, 1.807) is 0 Å². The van der Waals surface area contributed by atoms with Gasteiger partial charge >= 0.3 is 0 Å². The lowest BCUT2D eigenvalue weighted by Gasteiger charge is -2.27. The highest BCUT2D eigenvalue weighted by molar-refractivity contribution is 5.82. The smallest absolute Gasteiger partial charge is 0.241 e. The van der Waals surface area contributed by atoms with Crippen LogP contribution in [0.2, 0.25) is 0 Å². The lowest BCUT2D eigenvalue weighted by molar-refractivity contribution is -0.134. The number of hydrogen-bond acceptors (Lipinski definition) is 6. The van der Waals surface area contributed by atoms with Crippen molar-refractivity contribution in [3.05, 3.63) is 23.3 Å². The van der Waals surface area contributed by atoms with Gasteiger partial charge in [-0.05, 0) is 25.2 Å². The topological polar surface area (TPSA) is 82.2 Å². The molecule has 4 heterocycles. The molecule has 1 aromatic heterocycles. The van der Waals surface area contributed by atoms with Crippen LogP contribution in [0.1, 0.15) is 56.2 Å². The standard InChI is InChI=1S/C18H28N6O/c1-11(2)14-8-15(23-22-14)18(25)24-7-3-4-16(24)17-20-10-12-9-19-6-5-13(12)21-17/h10-11,14-16,19,22-23H,3-9H2,1-2H3. The molecule has 3 aliphatic heterocycles. The van der Waals surface area contributed by atoms with E-state index in [0.717, 1.165) is 56.8 Å². The summed E-state index contributed by atoms with van der Waals surface area (Å²) in [6, 6.07) is 0.227. The first kappa shape index (κ1) is 16.9. The highest BCUT2D eigenvalue weighted by Crippen LogP contribution is 2.32. The zero-order valence-corrected chi connectivity index (χ0v) is 15.1. The number of fused-ring (bicyclic) bond motifs is 1. The normalized spacial score (nSPS) is 29.2. The first-order valence-corrected chi connectivity index (χ1v) is 9.50. The average molecular weight is 344 g/mol. The maximum Gasteiger partial charge on any atom is 0.241 e. The van der Waals surface area contributed by atoms with Gasteiger partial charge in [0.25, 0.3) is 0 Å². The Morgan fingerprint density at radius 1 is 1.36 bits per heavy atom. The van der Waals surface area contributed by atoms with Gasteiger partial charge in [0.15, 0.2) is 5.82 Å². The van der Waals surface area contributed by atoms with E-state index in [0.29, 0.717) is 12.0 Å². The van der Waals surface area contributed by atoms with Crippen LogP contribution in [0.3, 0.4) is 0 Å². The van der Waals surface area contributed by atoms with Crippen LogP contribution < -0.4 is 16.2 Å². The van der Waals surface area contributed by atoms with Crippen LogP contribution in [0.15, 0.2) is 6.20 Å². The second-order valence-corrected chi connectivity index (χ2v) is 7.74. The second-order valence-electron chi connectivity index (χ2n) is 7.74. The van der Waals surface area contributed by atoms with Crippen LogP contribution >= 0.6 is 0 Å². The van der Waals surface area contributed by atoms with Crippen LogP contribution in [0.25, 0.3) is 0 Å². The van der Waals surface area contributed by atoms with E-state index in [1.807, 2.05) is 11.1 Å². The number of carbonyl (C=O) groups is 1. The summed E-state index contributed by atoms with van der Waals surface area (Å²) >= 11 is 0. The fourth-order valence-electron chi connectivity index (χ4n) is 4.09. The molecule has 2 fully saturated rings. The van der Waals surface area contributed by atoms with Crippen molar-refractivity contribution < 1.29 is 4.79 Å². The Morgan fingerprint density at radius 2 is 2.24 bits per heavy atom. The molecule has 136 valence electrons. The lowest BCUT2D eigenvalue weighted by atomic mass is 9.99. The second kappa shape index (κ2) is 6.97. The van der Waals surface area contributed by atoms with Crippen molar-refractivity contribution in [1.82, 2.24) is 31.0 Å². The predicted octanol–water partition coefficient (Wildman–Crippen LogP) is 0.677. The summed E-state index contributed by atoms with van der Waals surface area (Å²) in [5.74, 6) is 1.51. The molecule has 0 saturated carbocycles. The van der Waals surface area contributed by atoms with Crippen molar-refractivity contribution >= 4 is 5.91 Å². The quantitative estimate of drug-likeness (QED) is 0.748. The number of amides is 1. The van der Waals surface area contributed by atoms with E-state index in [4.69, 9.17) is 4.98 Å². The van der Waals surface area contributed by atoms with E-state index in [2.05, 4.69) is 35.0 Å². The fraction of sp³-hybridized carbons (Fsp3) is 0.722. The molecule has 1 amide bonds. The van der Waals surface area contributed by atoms with Gasteiger partial charge in [0, 0.05) is 49.6 Å². The molecule has 3 aliphatic rings. The predicted molar refractivity (Wildman–Crippen MR) is 94.4 cm³/mol. The van der Waals surface area contributed by atoms with Crippen molar-refractivity contribution in [3.63, 3.8) is 0 Å². The number of nitrogens with zero attached hydrogens (tertiary/aromatic N) is 3. The van der Waals surface area contributed by atoms with Gasteiger partial charge in [-0.25, -0.2) is 15.4 Å². The number of likely N-dealkylation sites (tertiary alicyclic amines) is 1. The Morgan fingerprint density at radius 3 is 3.04 bits per heavy atom. The van der Waals surface area contributed by atoms with E-state index in [1.165, 1.54) is 5.56 Å². The van der Waals surface area contributed by atoms with E-state index < -0.39 is 0 Å². The molecule has 3 atom stereocenters. The summed E-state index contributed by atoms with van der Waals surface area (Å²) in [4.78, 5) is 24.4. The molecule has 0 bridgehead atoms. The Bertz CT molecular complexity index is 648. The number of aromatic nitrogens is 2. The summed E-state index contributed by atoms with van der Waals surface area (Å²) in [7, 11) is 0. The molecule has 0 radical (unpaired) electrons. The van der Waals surface area contributed by atoms with Crippen molar-refractivity contribution in [1.29, 1.82) is 0 Å². The molecule has 0 spiro atoms. The van der Waals surface area contributed by atoms with Crippen LogP contribution in [0, 0.1) is 5.92 Å². The molecule has 25 heavy (non-hydrogen) atoms. The maximum atomic E-state index is 13.0. The first-order chi connectivity index (χ1) is 12.1. The molecule has 4 rings (SSSR count). The van der Waals surface area contributed by atoms with Crippen molar-refractivity contribution in [2.45, 2.75) is 64.2 Å². The maximum absolute atomic E-state index is 13.0. The molecular weight excluding hydrogens is 316 g/mol. The highest BCUT2D eigenvalue weighted by Gasteiger charge is 2.39. The van der Waals surface area contributed by atoms with Crippen LogP contribution in [-0.2, 0) is 17.8 Å². The van der Waals surface area contributed by atoms with Crippen LogP contribution in [0.5, 0.6) is 0 Å². The monoisotopic (exact) mass is 344 g/mol. The van der Waals surface area contributed by atoms with Gasteiger partial charge < -0.3 is 10.2 Å². The summed E-state index contributed by atoms with van der Waals surface area (Å²) in [6.45, 7) is 6.97. The molecule has 3 unspecified atom stereocenters. The third-order valence-electron chi connectivity index (χ3n) is 5.70. The average Bonchev–Trinajstić information content (AvgIpc) is 3.30. The largest absolute Gasteiger partial charge is 0.331 e. The molecule has 0 aliphatic carbocycles. The molecule has 2 saturated heterocycles. The molecule has 3 N–H and O–H groups in total. The fourth-order valence-corrected chi connectivity index (χ4v) is 4.09. The molecule has 7 nitrogen and oxygen atoms in total. The lowest BCUT2D eigenvalue weighted by Crippen LogP contribution is -2.45. The number of rotatable bonds is 3. The number of nitrogens with one attached hydrogen (secondary N) is 3. The van der Waals surface area contributed by atoms with E-state index in [9.17, 15) is 4.79 Å². The van der Waals surface area contributed by atoms with Crippen molar-refractivity contribution in [2.24, 2.45) is 5.92 Å². The van der Waals surface area contributed by atoms with Gasteiger partial charge in [-0.1, -0.05) is 13.8 Å². The van der Waals surface area contributed by atoms with Crippen molar-refractivity contribution in [3.8, 4) is 0 Å². The number of carbonyl (C=O) groups excluding carboxylic acids is 1. The summed E-state index contributed by atoms with van der Waals surface area (Å²) in [5, 5.41) is 3.35. The number of hydrogen-bond donors (Lipinski definition) is 3. The van der Waals surface area contributed by atoms with Gasteiger partial charge in [-0.2, -0.15) is 0 Å². The van der Waals surface area contributed by atoms with Crippen LogP contribution in [0.4, 0.5) is 0 Å². The summed E-state index contributed by atoms with van der Waals surface area (Å²) in [5.41, 5.74) is 8.80. The summed E-state index contributed by atoms with van der Waals surface area (Å²) in [6.07, 6.45) is 5.70. The Labute approximate surface area is 149 Å². The first-order valence-electron chi connectivity index (χ1n) is 9.50. The van der Waals surface area contributed by atoms with Gasteiger partial charge in [0.1, 0.15) is 6.04 Å². The number of hydrazine groups is 1. The van der Waals surface area contributed by atoms with Gasteiger partial charge in [-0.3, -0.25) is 10.2 Å². The van der Waals surface area contributed by atoms with E-state index in [-0.39, 0.29) is 18.0 Å². The zero-order valence-electron chi connectivity index (χ0n) is 15.1. The molecule has 0 aromatic carbocycles. The molecule has 7 heteroatoms. The van der Waals surface area contributed by atoms with Gasteiger partial charge in [0.05, 0.1) is 6.04 Å². The Balaban J connectivity index is 1.50. The van der Waals surface area contributed by atoms with Gasteiger partial charge in [-0.15, -0.1) is 0 Å². The minimum atomic E-state index is -0.144. The highest BCUT2D eigenvalue weighted by atomic mass is 16.2. The minimum Gasteiger partial charge on any atom is -0.331 e. The third-order valence-corrected chi connectivity index (χ3v) is 5.70. The van der Waals surface area contributed by atoms with Gasteiger partial charge in [0.2, 0.25) is 5.91 Å². The third kappa shape index (κ3) is 3.28. The molecule has 1 aromatic rings. The zero-order chi connectivity index (χ0) is 17.4. The van der Waals surface area contributed by atoms with E-state index >= 15 is 0 Å². The molecular formula is C18H28N6O. The van der Waals surface area contributed by atoms with Crippen LogP contribution in [-0.4, -0.2) is 45.9 Å². The minimum absolute atomic E-state index is 0.0209. The van der Waals surface area contributed by atoms with Crippen molar-refractivity contribution in [2.75, 3.05) is 13.1 Å². The Kier molecular flexibility index (Phi) is 4.71. The Hall–Kier alpha value is -1.57. The SMILES string of the molecule is CC(C)C1CC(C(=O)N2CCCC2c2ncc3c(n2)CCNC3)NN1. The summed E-state index contributed by atoms with van der Waals surface area (Å²) < 4.78 is 0.